The molecule has 0 aliphatic carbocycles. The highest BCUT2D eigenvalue weighted by atomic mass is 16.1. The van der Waals surface area contributed by atoms with Crippen molar-refractivity contribution >= 4 is 33.5 Å². The number of rotatable bonds is 3. The van der Waals surface area contributed by atoms with Crippen LogP contribution in [0, 0.1) is 11.3 Å². The van der Waals surface area contributed by atoms with Gasteiger partial charge >= 0.3 is 0 Å². The number of anilines is 1. The summed E-state index contributed by atoms with van der Waals surface area (Å²) in [6, 6.07) is 4.22. The summed E-state index contributed by atoms with van der Waals surface area (Å²) < 4.78 is 0. The second-order valence-electron chi connectivity index (χ2n) is 6.67. The quantitative estimate of drug-likeness (QED) is 0.747. The predicted molar refractivity (Wildman–Crippen MR) is 97.4 cm³/mol. The van der Waals surface area contributed by atoms with Crippen molar-refractivity contribution in [1.82, 2.24) is 25.5 Å². The minimum Gasteiger partial charge on any atom is -0.365 e. The number of nitrogens with zero attached hydrogens (tertiary/aromatic N) is 5. The lowest BCUT2D eigenvalue weighted by Gasteiger charge is -2.40. The Kier molecular flexibility index (Phi) is 4.13. The molecule has 1 saturated heterocycles. The summed E-state index contributed by atoms with van der Waals surface area (Å²) in [5.41, 5.74) is 2.56. The first-order chi connectivity index (χ1) is 12.7. The average molecular weight is 349 g/mol. The van der Waals surface area contributed by atoms with Crippen LogP contribution in [0.25, 0.3) is 21.9 Å². The van der Waals surface area contributed by atoms with Gasteiger partial charge in [0.05, 0.1) is 24.2 Å². The molecular formula is C18H19N7O. The molecule has 0 saturated carbocycles. The molecule has 0 spiro atoms. The maximum Gasteiger partial charge on any atom is 0.234 e. The highest BCUT2D eigenvalue weighted by Gasteiger charge is 2.28. The smallest absolute Gasteiger partial charge is 0.234 e. The molecule has 4 rings (SSSR count). The van der Waals surface area contributed by atoms with Crippen molar-refractivity contribution in [3.05, 3.63) is 24.7 Å². The fourth-order valence-electron chi connectivity index (χ4n) is 3.68. The molecule has 0 radical (unpaired) electrons. The molecule has 8 nitrogen and oxygen atoms in total. The standard InChI is InChI=1S/C18H19N7O/c1-11-2-3-12(23-16(26)4-6-19)10-25(11)15-9-22-24-14-8-21-18-13(17(14)15)5-7-20-18/h5,7-9,11-12H,2-4,10H2,1H3,(H,20,21)(H,23,26). The maximum absolute atomic E-state index is 11.8. The minimum atomic E-state index is -0.220. The number of pyridine rings is 1. The van der Waals surface area contributed by atoms with Crippen molar-refractivity contribution in [3.63, 3.8) is 0 Å². The lowest BCUT2D eigenvalue weighted by molar-refractivity contribution is -0.120. The number of hydrogen-bond acceptors (Lipinski definition) is 6. The van der Waals surface area contributed by atoms with Gasteiger partial charge in [0.25, 0.3) is 0 Å². The van der Waals surface area contributed by atoms with Gasteiger partial charge in [-0.3, -0.25) is 4.79 Å². The lowest BCUT2D eigenvalue weighted by Crippen LogP contribution is -2.51. The van der Waals surface area contributed by atoms with Crippen molar-refractivity contribution < 1.29 is 4.79 Å². The second kappa shape index (κ2) is 6.59. The van der Waals surface area contributed by atoms with Gasteiger partial charge in [-0.2, -0.15) is 10.4 Å². The van der Waals surface area contributed by atoms with Gasteiger partial charge in [-0.1, -0.05) is 0 Å². The SMILES string of the molecule is CC1CCC(NC(=O)CC#N)CN1c1cnnc2cnc3[nH]ccc3c12. The van der Waals surface area contributed by atoms with Crippen molar-refractivity contribution in [2.75, 3.05) is 11.4 Å². The fourth-order valence-corrected chi connectivity index (χ4v) is 3.68. The summed E-state index contributed by atoms with van der Waals surface area (Å²) in [5, 5.41) is 22.1. The number of nitrogens with one attached hydrogen (secondary N) is 2. The van der Waals surface area contributed by atoms with E-state index >= 15 is 0 Å². The predicted octanol–water partition coefficient (Wildman–Crippen LogP) is 1.89. The molecule has 1 amide bonds. The van der Waals surface area contributed by atoms with Gasteiger partial charge in [-0.25, -0.2) is 4.98 Å². The fraction of sp³-hybridized carbons (Fsp3) is 0.389. The Labute approximate surface area is 150 Å². The third-order valence-electron chi connectivity index (χ3n) is 4.96. The summed E-state index contributed by atoms with van der Waals surface area (Å²) in [5.74, 6) is -0.220. The molecule has 1 aliphatic rings. The molecule has 132 valence electrons. The van der Waals surface area contributed by atoms with E-state index in [-0.39, 0.29) is 18.4 Å². The topological polar surface area (TPSA) is 111 Å². The number of aromatic amines is 1. The zero-order chi connectivity index (χ0) is 18.1. The van der Waals surface area contributed by atoms with Crippen molar-refractivity contribution in [2.45, 2.75) is 38.3 Å². The van der Waals surface area contributed by atoms with Crippen molar-refractivity contribution in [2.24, 2.45) is 0 Å². The van der Waals surface area contributed by atoms with E-state index in [9.17, 15) is 4.79 Å². The van der Waals surface area contributed by atoms with Gasteiger partial charge in [-0.15, -0.1) is 5.10 Å². The van der Waals surface area contributed by atoms with Crippen LogP contribution in [0.1, 0.15) is 26.2 Å². The molecule has 0 bridgehead atoms. The number of hydrogen-bond donors (Lipinski definition) is 2. The highest BCUT2D eigenvalue weighted by molar-refractivity contribution is 6.09. The van der Waals surface area contributed by atoms with Crippen molar-refractivity contribution in [3.8, 4) is 6.07 Å². The van der Waals surface area contributed by atoms with E-state index in [2.05, 4.69) is 37.3 Å². The number of piperidine rings is 1. The Morgan fingerprint density at radius 2 is 2.35 bits per heavy atom. The van der Waals surface area contributed by atoms with Crippen molar-refractivity contribution in [1.29, 1.82) is 5.26 Å². The highest BCUT2D eigenvalue weighted by Crippen LogP contribution is 2.33. The van der Waals surface area contributed by atoms with Crippen LogP contribution in [-0.2, 0) is 4.79 Å². The molecule has 1 aliphatic heterocycles. The number of carbonyl (C=O) groups excluding carboxylic acids is 1. The van der Waals surface area contributed by atoms with Crippen LogP contribution in [0.5, 0.6) is 0 Å². The maximum atomic E-state index is 11.8. The first-order valence-corrected chi connectivity index (χ1v) is 8.68. The number of amides is 1. The Balaban J connectivity index is 1.72. The minimum absolute atomic E-state index is 0.0128. The Bertz CT molecular complexity index is 1010. The van der Waals surface area contributed by atoms with Gasteiger partial charge < -0.3 is 15.2 Å². The first-order valence-electron chi connectivity index (χ1n) is 8.68. The number of carbonyl (C=O) groups is 1. The summed E-state index contributed by atoms with van der Waals surface area (Å²) in [6.45, 7) is 2.85. The molecule has 4 heterocycles. The van der Waals surface area contributed by atoms with E-state index in [0.29, 0.717) is 12.6 Å². The Morgan fingerprint density at radius 3 is 3.19 bits per heavy atom. The van der Waals surface area contributed by atoms with Crippen LogP contribution in [-0.4, -0.2) is 44.7 Å². The monoisotopic (exact) mass is 349 g/mol. The van der Waals surface area contributed by atoms with E-state index in [1.807, 2.05) is 18.3 Å². The van der Waals surface area contributed by atoms with E-state index in [1.54, 1.807) is 12.4 Å². The van der Waals surface area contributed by atoms with Crippen LogP contribution >= 0.6 is 0 Å². The van der Waals surface area contributed by atoms with Gasteiger partial charge in [0.1, 0.15) is 17.6 Å². The number of fused-ring (bicyclic) bond motifs is 3. The van der Waals surface area contributed by atoms with Crippen LogP contribution in [0.3, 0.4) is 0 Å². The summed E-state index contributed by atoms with van der Waals surface area (Å²) >= 11 is 0. The van der Waals surface area contributed by atoms with Crippen LogP contribution < -0.4 is 10.2 Å². The number of nitriles is 1. The number of aromatic nitrogens is 4. The van der Waals surface area contributed by atoms with E-state index in [4.69, 9.17) is 5.26 Å². The molecule has 2 N–H and O–H groups in total. The molecule has 3 aromatic heterocycles. The van der Waals surface area contributed by atoms with Gasteiger partial charge in [0.15, 0.2) is 0 Å². The van der Waals surface area contributed by atoms with Crippen LogP contribution in [0.15, 0.2) is 24.7 Å². The third kappa shape index (κ3) is 2.81. The van der Waals surface area contributed by atoms with E-state index in [1.165, 1.54) is 0 Å². The molecule has 2 atom stereocenters. The molecule has 2 unspecified atom stereocenters. The van der Waals surface area contributed by atoms with E-state index < -0.39 is 0 Å². The molecular weight excluding hydrogens is 330 g/mol. The molecule has 0 aromatic carbocycles. The third-order valence-corrected chi connectivity index (χ3v) is 4.96. The average Bonchev–Trinajstić information content (AvgIpc) is 3.12. The zero-order valence-electron chi connectivity index (χ0n) is 14.4. The summed E-state index contributed by atoms with van der Waals surface area (Å²) in [4.78, 5) is 21.6. The molecule has 3 aromatic rings. The molecule has 8 heteroatoms. The largest absolute Gasteiger partial charge is 0.365 e. The second-order valence-corrected chi connectivity index (χ2v) is 6.67. The molecule has 1 fully saturated rings. The van der Waals surface area contributed by atoms with Gasteiger partial charge in [0, 0.05) is 35.6 Å². The molecule has 26 heavy (non-hydrogen) atoms. The van der Waals surface area contributed by atoms with Gasteiger partial charge in [0.2, 0.25) is 5.91 Å². The van der Waals surface area contributed by atoms with Gasteiger partial charge in [-0.05, 0) is 25.8 Å². The Morgan fingerprint density at radius 1 is 1.46 bits per heavy atom. The normalized spacial score (nSPS) is 20.2. The number of H-pyrrole nitrogens is 1. The zero-order valence-corrected chi connectivity index (χ0v) is 14.4. The first kappa shape index (κ1) is 16.3. The lowest BCUT2D eigenvalue weighted by atomic mass is 9.97. The van der Waals surface area contributed by atoms with E-state index in [0.717, 1.165) is 40.5 Å². The Hall–Kier alpha value is -3.21. The summed E-state index contributed by atoms with van der Waals surface area (Å²) in [6.07, 6.45) is 7.11. The van der Waals surface area contributed by atoms with Crippen LogP contribution in [0.2, 0.25) is 0 Å². The summed E-state index contributed by atoms with van der Waals surface area (Å²) in [7, 11) is 0. The van der Waals surface area contributed by atoms with Crippen LogP contribution in [0.4, 0.5) is 5.69 Å².